The van der Waals surface area contributed by atoms with E-state index >= 15 is 0 Å². The van der Waals surface area contributed by atoms with Crippen LogP contribution in [0.4, 0.5) is 0 Å². The zero-order chi connectivity index (χ0) is 9.19. The zero-order valence-corrected chi connectivity index (χ0v) is 7.33. The normalized spacial score (nSPS) is 27.2. The molecule has 0 bridgehead atoms. The summed E-state index contributed by atoms with van der Waals surface area (Å²) in [6.07, 6.45) is -0.313. The number of cyclic esters (lactones) is 1. The molecule has 0 aromatic heterocycles. The van der Waals surface area contributed by atoms with Crippen molar-refractivity contribution in [1.29, 1.82) is 0 Å². The molecule has 5 heteroatoms. The van der Waals surface area contributed by atoms with Crippen molar-refractivity contribution in [3.8, 4) is 0 Å². The van der Waals surface area contributed by atoms with Gasteiger partial charge in [0.2, 0.25) is 6.29 Å². The Morgan fingerprint density at radius 1 is 1.42 bits per heavy atom. The van der Waals surface area contributed by atoms with Crippen LogP contribution in [-0.2, 0) is 23.7 Å². The van der Waals surface area contributed by atoms with Gasteiger partial charge in [0.05, 0.1) is 6.42 Å². The van der Waals surface area contributed by atoms with E-state index in [0.717, 1.165) is 0 Å². The quantitative estimate of drug-likeness (QED) is 0.443. The summed E-state index contributed by atoms with van der Waals surface area (Å²) in [5.74, 6) is -1.82. The molecule has 0 amide bonds. The van der Waals surface area contributed by atoms with Crippen molar-refractivity contribution in [2.24, 2.45) is 0 Å². The van der Waals surface area contributed by atoms with Crippen LogP contribution in [0.2, 0.25) is 0 Å². The Kier molecular flexibility index (Phi) is 2.66. The van der Waals surface area contributed by atoms with E-state index in [2.05, 4.69) is 0 Å². The lowest BCUT2D eigenvalue weighted by Crippen LogP contribution is -2.38. The van der Waals surface area contributed by atoms with Gasteiger partial charge in [-0.15, -0.1) is 0 Å². The topological polar surface area (TPSA) is 54.0 Å². The number of hydrogen-bond donors (Lipinski definition) is 0. The van der Waals surface area contributed by atoms with Crippen molar-refractivity contribution in [3.63, 3.8) is 0 Å². The van der Waals surface area contributed by atoms with Crippen molar-refractivity contribution >= 4 is 5.97 Å². The van der Waals surface area contributed by atoms with Crippen molar-refractivity contribution in [2.75, 3.05) is 21.3 Å². The van der Waals surface area contributed by atoms with Crippen LogP contribution < -0.4 is 0 Å². The molecule has 0 saturated carbocycles. The average molecular weight is 176 g/mol. The summed E-state index contributed by atoms with van der Waals surface area (Å²) in [6, 6.07) is 0. The molecule has 0 N–H and O–H groups in total. The van der Waals surface area contributed by atoms with Crippen LogP contribution in [0.25, 0.3) is 0 Å². The largest absolute Gasteiger partial charge is 0.432 e. The lowest BCUT2D eigenvalue weighted by Gasteiger charge is -2.19. The second-order valence-corrected chi connectivity index (χ2v) is 2.44. The fourth-order valence-corrected chi connectivity index (χ4v) is 1.10. The van der Waals surface area contributed by atoms with E-state index in [-0.39, 0.29) is 6.42 Å². The van der Waals surface area contributed by atoms with Gasteiger partial charge in [-0.25, -0.2) is 4.79 Å². The van der Waals surface area contributed by atoms with E-state index in [0.29, 0.717) is 0 Å². The molecule has 1 unspecified atom stereocenters. The van der Waals surface area contributed by atoms with E-state index < -0.39 is 18.0 Å². The number of rotatable bonds is 3. The van der Waals surface area contributed by atoms with Gasteiger partial charge in [0, 0.05) is 21.3 Å². The van der Waals surface area contributed by atoms with Crippen molar-refractivity contribution < 1.29 is 23.7 Å². The fourth-order valence-electron chi connectivity index (χ4n) is 1.10. The number of hydrogen-bond acceptors (Lipinski definition) is 5. The molecule has 0 spiro atoms. The number of carbonyl (C=O) groups is 1. The lowest BCUT2D eigenvalue weighted by atomic mass is 10.2. The highest BCUT2D eigenvalue weighted by atomic mass is 16.8. The first-order chi connectivity index (χ1) is 5.68. The van der Waals surface area contributed by atoms with Crippen LogP contribution in [0.1, 0.15) is 6.42 Å². The maximum atomic E-state index is 11.2. The van der Waals surface area contributed by atoms with Gasteiger partial charge >= 0.3 is 5.97 Å². The third kappa shape index (κ3) is 1.31. The molecule has 1 fully saturated rings. The number of ether oxygens (including phenoxy) is 4. The molecule has 1 aliphatic rings. The summed E-state index contributed by atoms with van der Waals surface area (Å²) >= 11 is 0. The highest BCUT2D eigenvalue weighted by Crippen LogP contribution is 2.29. The molecular formula is C7H12O5. The maximum absolute atomic E-state index is 11.2. The first-order valence-electron chi connectivity index (χ1n) is 3.52. The maximum Gasteiger partial charge on any atom is 0.369 e. The molecule has 1 rings (SSSR count). The molecular weight excluding hydrogens is 164 g/mol. The Morgan fingerprint density at radius 2 is 2.00 bits per heavy atom. The monoisotopic (exact) mass is 176 g/mol. The van der Waals surface area contributed by atoms with Crippen LogP contribution in [-0.4, -0.2) is 39.4 Å². The summed E-state index contributed by atoms with van der Waals surface area (Å²) in [4.78, 5) is 11.2. The highest BCUT2D eigenvalue weighted by Gasteiger charge is 2.51. The van der Waals surface area contributed by atoms with Crippen LogP contribution in [0.3, 0.4) is 0 Å². The van der Waals surface area contributed by atoms with Gasteiger partial charge < -0.3 is 18.9 Å². The van der Waals surface area contributed by atoms with E-state index in [1.807, 2.05) is 0 Å². The minimum Gasteiger partial charge on any atom is -0.432 e. The van der Waals surface area contributed by atoms with E-state index in [9.17, 15) is 4.79 Å². The predicted octanol–water partition coefficient (Wildman–Crippen LogP) is -0.105. The molecule has 0 aliphatic carbocycles. The smallest absolute Gasteiger partial charge is 0.369 e. The van der Waals surface area contributed by atoms with E-state index in [1.165, 1.54) is 21.3 Å². The predicted molar refractivity (Wildman–Crippen MR) is 38.3 cm³/mol. The molecule has 12 heavy (non-hydrogen) atoms. The molecule has 0 aromatic rings. The van der Waals surface area contributed by atoms with E-state index in [4.69, 9.17) is 18.9 Å². The minimum atomic E-state index is -1.28. The third-order valence-electron chi connectivity index (χ3n) is 1.91. The molecule has 1 saturated heterocycles. The van der Waals surface area contributed by atoms with Gasteiger partial charge in [-0.05, 0) is 0 Å². The van der Waals surface area contributed by atoms with Gasteiger partial charge in [0.25, 0.3) is 5.79 Å². The summed E-state index contributed by atoms with van der Waals surface area (Å²) in [5, 5.41) is 0. The van der Waals surface area contributed by atoms with Crippen molar-refractivity contribution in [3.05, 3.63) is 0 Å². The molecule has 5 nitrogen and oxygen atoms in total. The van der Waals surface area contributed by atoms with Crippen molar-refractivity contribution in [2.45, 2.75) is 18.5 Å². The van der Waals surface area contributed by atoms with Crippen molar-refractivity contribution in [1.82, 2.24) is 0 Å². The Bertz CT molecular complexity index is 175. The molecule has 1 heterocycles. The van der Waals surface area contributed by atoms with E-state index in [1.54, 1.807) is 0 Å². The summed E-state index contributed by atoms with van der Waals surface area (Å²) in [5.41, 5.74) is 0. The number of esters is 1. The average Bonchev–Trinajstić information content (AvgIpc) is 2.43. The van der Waals surface area contributed by atoms with Crippen LogP contribution in [0.5, 0.6) is 0 Å². The second kappa shape index (κ2) is 3.38. The molecule has 1 atom stereocenters. The molecule has 0 radical (unpaired) electrons. The lowest BCUT2D eigenvalue weighted by molar-refractivity contribution is -0.210. The molecule has 1 aliphatic heterocycles. The SMILES string of the molecule is COC1CC(OC)(OC)C(=O)O1. The molecule has 70 valence electrons. The second-order valence-electron chi connectivity index (χ2n) is 2.44. The first kappa shape index (κ1) is 9.44. The summed E-state index contributed by atoms with van der Waals surface area (Å²) in [6.45, 7) is 0. The minimum absolute atomic E-state index is 0.259. The number of methoxy groups -OCH3 is 3. The third-order valence-corrected chi connectivity index (χ3v) is 1.91. The van der Waals surface area contributed by atoms with Crippen LogP contribution >= 0.6 is 0 Å². The standard InChI is InChI=1S/C7H12O5/c1-9-5-4-7(10-2,11-3)6(8)12-5/h5H,4H2,1-3H3. The summed E-state index contributed by atoms with van der Waals surface area (Å²) in [7, 11) is 4.24. The Morgan fingerprint density at radius 3 is 2.25 bits per heavy atom. The van der Waals surface area contributed by atoms with Crippen LogP contribution in [0.15, 0.2) is 0 Å². The van der Waals surface area contributed by atoms with Gasteiger partial charge in [-0.3, -0.25) is 0 Å². The Hall–Kier alpha value is -0.650. The highest BCUT2D eigenvalue weighted by molar-refractivity contribution is 5.79. The Balaban J connectivity index is 2.72. The summed E-state index contributed by atoms with van der Waals surface area (Å²) < 4.78 is 19.5. The van der Waals surface area contributed by atoms with Gasteiger partial charge in [0.15, 0.2) is 0 Å². The first-order valence-corrected chi connectivity index (χ1v) is 3.52. The fraction of sp³-hybridized carbons (Fsp3) is 0.857. The van der Waals surface area contributed by atoms with Gasteiger partial charge in [-0.1, -0.05) is 0 Å². The Labute approximate surface area is 70.5 Å². The van der Waals surface area contributed by atoms with Gasteiger partial charge in [0.1, 0.15) is 0 Å². The van der Waals surface area contributed by atoms with Crippen LogP contribution in [0, 0.1) is 0 Å². The molecule has 0 aromatic carbocycles. The number of carbonyl (C=O) groups excluding carboxylic acids is 1. The zero-order valence-electron chi connectivity index (χ0n) is 7.33. The van der Waals surface area contributed by atoms with Gasteiger partial charge in [-0.2, -0.15) is 0 Å².